The number of rotatable bonds is 6. The van der Waals surface area contributed by atoms with Gasteiger partial charge in [0, 0.05) is 4.88 Å². The van der Waals surface area contributed by atoms with E-state index in [1.165, 1.54) is 17.4 Å². The molecule has 2 rings (SSSR count). The van der Waals surface area contributed by atoms with Crippen LogP contribution >= 0.6 is 11.3 Å². The molecule has 0 unspecified atom stereocenters. The number of carbonyl (C=O) groups excluding carboxylic acids is 1. The van der Waals surface area contributed by atoms with Crippen molar-refractivity contribution in [3.05, 3.63) is 64.4 Å². The summed E-state index contributed by atoms with van der Waals surface area (Å²) in [6.45, 7) is 0.0909. The molecular formula is C16H15NO4S. The number of alkyl carbamates (subject to hydrolysis) is 1. The fourth-order valence-corrected chi connectivity index (χ4v) is 2.29. The lowest BCUT2D eigenvalue weighted by atomic mass is 10.2. The highest BCUT2D eigenvalue weighted by molar-refractivity contribution is 7.10. The van der Waals surface area contributed by atoms with Crippen LogP contribution in [0.15, 0.2) is 53.9 Å². The second-order valence-electron chi connectivity index (χ2n) is 4.40. The van der Waals surface area contributed by atoms with E-state index in [0.29, 0.717) is 0 Å². The minimum atomic E-state index is -1.15. The van der Waals surface area contributed by atoms with Crippen LogP contribution in [-0.2, 0) is 16.1 Å². The van der Waals surface area contributed by atoms with E-state index in [-0.39, 0.29) is 6.61 Å². The van der Waals surface area contributed by atoms with Gasteiger partial charge in [-0.25, -0.2) is 9.59 Å². The molecule has 1 heterocycles. The molecule has 0 aliphatic rings. The van der Waals surface area contributed by atoms with E-state index in [4.69, 9.17) is 9.84 Å². The summed E-state index contributed by atoms with van der Waals surface area (Å²) in [7, 11) is 0. The third-order valence-electron chi connectivity index (χ3n) is 2.75. The molecule has 2 aromatic rings. The molecule has 0 saturated heterocycles. The third-order valence-corrected chi connectivity index (χ3v) is 3.59. The van der Waals surface area contributed by atoms with Gasteiger partial charge in [0.2, 0.25) is 0 Å². The molecule has 0 saturated carbocycles. The Balaban J connectivity index is 1.87. The first kappa shape index (κ1) is 15.8. The lowest BCUT2D eigenvalue weighted by molar-refractivity contribution is -0.138. The number of benzene rings is 1. The van der Waals surface area contributed by atoms with Crippen molar-refractivity contribution in [1.29, 1.82) is 0 Å². The molecule has 114 valence electrons. The average molecular weight is 317 g/mol. The summed E-state index contributed by atoms with van der Waals surface area (Å²) in [5, 5.41) is 13.3. The molecule has 0 aliphatic heterocycles. The van der Waals surface area contributed by atoms with Crippen molar-refractivity contribution < 1.29 is 19.4 Å². The monoisotopic (exact) mass is 317 g/mol. The van der Waals surface area contributed by atoms with Crippen molar-refractivity contribution in [2.45, 2.75) is 12.6 Å². The number of amides is 1. The maximum absolute atomic E-state index is 11.7. The Hall–Kier alpha value is -2.60. The molecule has 0 radical (unpaired) electrons. The molecule has 2 N–H and O–H groups in total. The number of aliphatic carboxylic acids is 1. The first-order valence-electron chi connectivity index (χ1n) is 6.57. The first-order chi connectivity index (χ1) is 10.6. The second-order valence-corrected chi connectivity index (χ2v) is 5.38. The fraction of sp³-hybridized carbons (Fsp3) is 0.125. The smallest absolute Gasteiger partial charge is 0.408 e. The highest BCUT2D eigenvalue weighted by Crippen LogP contribution is 2.10. The van der Waals surface area contributed by atoms with Gasteiger partial charge in [0.25, 0.3) is 0 Å². The van der Waals surface area contributed by atoms with Gasteiger partial charge < -0.3 is 15.2 Å². The first-order valence-corrected chi connectivity index (χ1v) is 7.45. The number of carboxylic acid groups (broad SMARTS) is 1. The summed E-state index contributed by atoms with van der Waals surface area (Å²) in [5.74, 6) is -1.15. The van der Waals surface area contributed by atoms with Gasteiger partial charge in [0.1, 0.15) is 12.6 Å². The average Bonchev–Trinajstić information content (AvgIpc) is 3.03. The number of carbonyl (C=O) groups is 2. The summed E-state index contributed by atoms with van der Waals surface area (Å²) < 4.78 is 5.00. The van der Waals surface area contributed by atoms with Gasteiger partial charge in [0.05, 0.1) is 0 Å². The van der Waals surface area contributed by atoms with Crippen molar-refractivity contribution in [3.63, 3.8) is 0 Å². The molecule has 6 heteroatoms. The van der Waals surface area contributed by atoms with Gasteiger partial charge in [-0.3, -0.25) is 0 Å². The summed E-state index contributed by atoms with van der Waals surface area (Å²) >= 11 is 1.48. The van der Waals surface area contributed by atoms with Gasteiger partial charge in [0.15, 0.2) is 0 Å². The van der Waals surface area contributed by atoms with Crippen LogP contribution in [0.25, 0.3) is 6.08 Å². The molecule has 1 aromatic carbocycles. The Bertz CT molecular complexity index is 637. The number of nitrogens with one attached hydrogen (secondary N) is 1. The lowest BCUT2D eigenvalue weighted by Crippen LogP contribution is -2.39. The normalized spacial score (nSPS) is 12.0. The molecule has 0 fully saturated rings. The Morgan fingerprint density at radius 1 is 1.23 bits per heavy atom. The van der Waals surface area contributed by atoms with Crippen molar-refractivity contribution >= 4 is 29.5 Å². The van der Waals surface area contributed by atoms with Crippen LogP contribution in [0.5, 0.6) is 0 Å². The highest BCUT2D eigenvalue weighted by atomic mass is 32.1. The standard InChI is InChI=1S/C16H15NO4S/c18-15(19)14(9-8-13-7-4-10-22-13)17-16(20)21-11-12-5-2-1-3-6-12/h1-10,14H,11H2,(H,17,20)(H,18,19)/b9-8+/t14-/m0/s1. The number of carboxylic acids is 1. The lowest BCUT2D eigenvalue weighted by Gasteiger charge is -2.11. The van der Waals surface area contributed by atoms with Crippen LogP contribution in [0.1, 0.15) is 10.4 Å². The van der Waals surface area contributed by atoms with Crippen LogP contribution in [-0.4, -0.2) is 23.2 Å². The minimum Gasteiger partial charge on any atom is -0.479 e. The zero-order valence-corrected chi connectivity index (χ0v) is 12.5. The SMILES string of the molecule is O=C(N[C@@H](/C=C/c1cccs1)C(=O)O)OCc1ccccc1. The Kier molecular flexibility index (Phi) is 5.73. The van der Waals surface area contributed by atoms with Crippen molar-refractivity contribution in [3.8, 4) is 0 Å². The fourth-order valence-electron chi connectivity index (χ4n) is 1.66. The molecule has 0 aliphatic carbocycles. The van der Waals surface area contributed by atoms with Crippen LogP contribution in [0.3, 0.4) is 0 Å². The quantitative estimate of drug-likeness (QED) is 0.858. The van der Waals surface area contributed by atoms with Gasteiger partial charge in [-0.2, -0.15) is 0 Å². The number of hydrogen-bond acceptors (Lipinski definition) is 4. The van der Waals surface area contributed by atoms with E-state index >= 15 is 0 Å². The Morgan fingerprint density at radius 3 is 2.64 bits per heavy atom. The van der Waals surface area contributed by atoms with E-state index in [1.54, 1.807) is 6.08 Å². The minimum absolute atomic E-state index is 0.0909. The van der Waals surface area contributed by atoms with E-state index in [1.807, 2.05) is 47.8 Å². The van der Waals surface area contributed by atoms with Crippen LogP contribution < -0.4 is 5.32 Å². The van der Waals surface area contributed by atoms with E-state index < -0.39 is 18.1 Å². The maximum Gasteiger partial charge on any atom is 0.408 e. The molecule has 1 amide bonds. The van der Waals surface area contributed by atoms with Crippen LogP contribution in [0.2, 0.25) is 0 Å². The van der Waals surface area contributed by atoms with Crippen molar-refractivity contribution in [2.75, 3.05) is 0 Å². The molecule has 22 heavy (non-hydrogen) atoms. The van der Waals surface area contributed by atoms with E-state index in [9.17, 15) is 9.59 Å². The maximum atomic E-state index is 11.7. The summed E-state index contributed by atoms with van der Waals surface area (Å²) in [4.78, 5) is 23.7. The topological polar surface area (TPSA) is 75.6 Å². The molecule has 0 bridgehead atoms. The summed E-state index contributed by atoms with van der Waals surface area (Å²) in [6, 6.07) is 11.7. The summed E-state index contributed by atoms with van der Waals surface area (Å²) in [6.07, 6.45) is 2.30. The molecule has 0 spiro atoms. The van der Waals surface area contributed by atoms with E-state index in [2.05, 4.69) is 5.32 Å². The van der Waals surface area contributed by atoms with Gasteiger partial charge in [-0.05, 0) is 29.2 Å². The second kappa shape index (κ2) is 7.99. The van der Waals surface area contributed by atoms with Crippen molar-refractivity contribution in [2.24, 2.45) is 0 Å². The van der Waals surface area contributed by atoms with Crippen LogP contribution in [0.4, 0.5) is 4.79 Å². The molecule has 5 nitrogen and oxygen atoms in total. The predicted molar refractivity (Wildman–Crippen MR) is 84.5 cm³/mol. The summed E-state index contributed by atoms with van der Waals surface area (Å²) in [5.41, 5.74) is 0.832. The molecule has 1 aromatic heterocycles. The van der Waals surface area contributed by atoms with Gasteiger partial charge >= 0.3 is 12.1 Å². The van der Waals surface area contributed by atoms with Gasteiger partial charge in [-0.15, -0.1) is 11.3 Å². The zero-order valence-electron chi connectivity index (χ0n) is 11.6. The van der Waals surface area contributed by atoms with Crippen LogP contribution in [0, 0.1) is 0 Å². The predicted octanol–water partition coefficient (Wildman–Crippen LogP) is 3.14. The number of ether oxygens (including phenoxy) is 1. The Labute approximate surface area is 131 Å². The van der Waals surface area contributed by atoms with Gasteiger partial charge in [-0.1, -0.05) is 36.4 Å². The third kappa shape index (κ3) is 5.06. The highest BCUT2D eigenvalue weighted by Gasteiger charge is 2.17. The largest absolute Gasteiger partial charge is 0.479 e. The van der Waals surface area contributed by atoms with Crippen molar-refractivity contribution in [1.82, 2.24) is 5.32 Å². The molecular weight excluding hydrogens is 302 g/mol. The van der Waals surface area contributed by atoms with E-state index in [0.717, 1.165) is 10.4 Å². The Morgan fingerprint density at radius 2 is 2.00 bits per heavy atom. The number of thiophene rings is 1. The molecule has 1 atom stereocenters. The zero-order chi connectivity index (χ0) is 15.8. The number of hydrogen-bond donors (Lipinski definition) is 2.